The van der Waals surface area contributed by atoms with Crippen LogP contribution in [-0.2, 0) is 9.59 Å². The lowest BCUT2D eigenvalue weighted by atomic mass is 9.95. The number of aliphatic hydroxyl groups is 1. The van der Waals surface area contributed by atoms with E-state index >= 15 is 0 Å². The molecule has 0 radical (unpaired) electrons. The summed E-state index contributed by atoms with van der Waals surface area (Å²) >= 11 is 0. The molecule has 2 aromatic rings. The van der Waals surface area contributed by atoms with Crippen LogP contribution < -0.4 is 9.47 Å². The summed E-state index contributed by atoms with van der Waals surface area (Å²) in [5, 5.41) is 11.2. The number of carbonyl (C=O) groups excluding carboxylic acids is 2. The summed E-state index contributed by atoms with van der Waals surface area (Å²) in [6, 6.07) is 13.4. The monoisotopic (exact) mass is 424 g/mol. The summed E-state index contributed by atoms with van der Waals surface area (Å²) < 4.78 is 10.6. The SMILES string of the molecule is COc1ccc(C2/C(=C(/O)c3ccccc3OC)C(=O)C(=O)N2CCCN(C)C)cc1. The molecule has 31 heavy (non-hydrogen) atoms. The molecule has 2 aromatic carbocycles. The van der Waals surface area contributed by atoms with Gasteiger partial charge >= 0.3 is 0 Å². The van der Waals surface area contributed by atoms with E-state index in [1.54, 1.807) is 43.5 Å². The number of aliphatic hydroxyl groups excluding tert-OH is 1. The van der Waals surface area contributed by atoms with Crippen molar-refractivity contribution in [2.24, 2.45) is 0 Å². The van der Waals surface area contributed by atoms with E-state index in [1.807, 2.05) is 31.1 Å². The van der Waals surface area contributed by atoms with Gasteiger partial charge < -0.3 is 24.4 Å². The van der Waals surface area contributed by atoms with E-state index < -0.39 is 17.7 Å². The maximum absolute atomic E-state index is 13.0. The highest BCUT2D eigenvalue weighted by Crippen LogP contribution is 2.41. The molecule has 164 valence electrons. The highest BCUT2D eigenvalue weighted by Gasteiger charge is 2.46. The molecule has 7 nitrogen and oxygen atoms in total. The summed E-state index contributed by atoms with van der Waals surface area (Å²) in [7, 11) is 6.98. The van der Waals surface area contributed by atoms with Crippen LogP contribution in [0, 0.1) is 0 Å². The maximum atomic E-state index is 13.0. The average molecular weight is 424 g/mol. The van der Waals surface area contributed by atoms with E-state index in [4.69, 9.17) is 9.47 Å². The number of amides is 1. The summed E-state index contributed by atoms with van der Waals surface area (Å²) in [5.41, 5.74) is 1.15. The predicted octanol–water partition coefficient (Wildman–Crippen LogP) is 3.08. The van der Waals surface area contributed by atoms with Crippen LogP contribution in [0.1, 0.15) is 23.6 Å². The molecule has 1 unspecified atom stereocenters. The van der Waals surface area contributed by atoms with Crippen molar-refractivity contribution in [1.29, 1.82) is 0 Å². The number of methoxy groups -OCH3 is 2. The zero-order valence-electron chi connectivity index (χ0n) is 18.3. The van der Waals surface area contributed by atoms with E-state index in [1.165, 1.54) is 12.0 Å². The molecule has 0 aromatic heterocycles. The molecule has 7 heteroatoms. The van der Waals surface area contributed by atoms with E-state index in [0.29, 0.717) is 30.0 Å². The summed E-state index contributed by atoms with van der Waals surface area (Å²) in [6.07, 6.45) is 0.696. The van der Waals surface area contributed by atoms with Crippen LogP contribution in [0.25, 0.3) is 5.76 Å². The fourth-order valence-electron chi connectivity index (χ4n) is 3.79. The minimum atomic E-state index is -0.700. The number of carbonyl (C=O) groups is 2. The Hall–Kier alpha value is -3.32. The number of hydrogen-bond donors (Lipinski definition) is 1. The van der Waals surface area contributed by atoms with E-state index in [-0.39, 0.29) is 11.3 Å². The maximum Gasteiger partial charge on any atom is 0.295 e. The minimum absolute atomic E-state index is 0.0597. The molecule has 1 heterocycles. The molecule has 3 rings (SSSR count). The molecule has 0 saturated carbocycles. The number of ether oxygens (including phenoxy) is 2. The second kappa shape index (κ2) is 9.66. The first-order valence-electron chi connectivity index (χ1n) is 10.1. The number of nitrogens with zero attached hydrogens (tertiary/aromatic N) is 2. The Morgan fingerprint density at radius 2 is 1.71 bits per heavy atom. The van der Waals surface area contributed by atoms with Crippen molar-refractivity contribution in [2.75, 3.05) is 41.4 Å². The second-order valence-electron chi connectivity index (χ2n) is 7.62. The largest absolute Gasteiger partial charge is 0.507 e. The second-order valence-corrected chi connectivity index (χ2v) is 7.62. The quantitative estimate of drug-likeness (QED) is 0.399. The van der Waals surface area contributed by atoms with Gasteiger partial charge in [-0.2, -0.15) is 0 Å². The van der Waals surface area contributed by atoms with Gasteiger partial charge in [0.1, 0.15) is 17.3 Å². The Balaban J connectivity index is 2.12. The van der Waals surface area contributed by atoms with Gasteiger partial charge in [-0.1, -0.05) is 24.3 Å². The van der Waals surface area contributed by atoms with Crippen molar-refractivity contribution in [3.8, 4) is 11.5 Å². The Labute approximate surface area is 182 Å². The first-order valence-corrected chi connectivity index (χ1v) is 10.1. The Bertz CT molecular complexity index is 982. The van der Waals surface area contributed by atoms with Crippen molar-refractivity contribution in [1.82, 2.24) is 9.80 Å². The van der Waals surface area contributed by atoms with Gasteiger partial charge in [-0.3, -0.25) is 9.59 Å². The number of rotatable bonds is 8. The number of likely N-dealkylation sites (tertiary alicyclic amines) is 1. The molecule has 1 amide bonds. The number of ketones is 1. The van der Waals surface area contributed by atoms with Crippen LogP contribution in [-0.4, -0.2) is 68.0 Å². The van der Waals surface area contributed by atoms with Gasteiger partial charge in [0.15, 0.2) is 0 Å². The Morgan fingerprint density at radius 1 is 1.03 bits per heavy atom. The van der Waals surface area contributed by atoms with Gasteiger partial charge in [0.05, 0.1) is 31.4 Å². The lowest BCUT2D eigenvalue weighted by molar-refractivity contribution is -0.139. The summed E-state index contributed by atoms with van der Waals surface area (Å²) in [4.78, 5) is 29.6. The van der Waals surface area contributed by atoms with Gasteiger partial charge in [-0.25, -0.2) is 0 Å². The Kier molecular flexibility index (Phi) is 6.97. The zero-order valence-corrected chi connectivity index (χ0v) is 18.3. The van der Waals surface area contributed by atoms with E-state index in [9.17, 15) is 14.7 Å². The molecular formula is C24H28N2O5. The lowest BCUT2D eigenvalue weighted by Gasteiger charge is -2.26. The summed E-state index contributed by atoms with van der Waals surface area (Å²) in [6.45, 7) is 1.16. The predicted molar refractivity (Wildman–Crippen MR) is 118 cm³/mol. The van der Waals surface area contributed by atoms with Crippen LogP contribution in [0.5, 0.6) is 11.5 Å². The number of para-hydroxylation sites is 1. The van der Waals surface area contributed by atoms with Crippen molar-refractivity contribution >= 4 is 17.4 Å². The number of hydrogen-bond acceptors (Lipinski definition) is 6. The third-order valence-corrected chi connectivity index (χ3v) is 5.34. The molecule has 1 aliphatic heterocycles. The molecule has 0 bridgehead atoms. The van der Waals surface area contributed by atoms with Crippen LogP contribution in [0.3, 0.4) is 0 Å². The molecule has 1 N–H and O–H groups in total. The van der Waals surface area contributed by atoms with Crippen LogP contribution in [0.2, 0.25) is 0 Å². The van der Waals surface area contributed by atoms with Crippen LogP contribution >= 0.6 is 0 Å². The molecular weight excluding hydrogens is 396 g/mol. The highest BCUT2D eigenvalue weighted by atomic mass is 16.5. The fourth-order valence-corrected chi connectivity index (χ4v) is 3.79. The van der Waals surface area contributed by atoms with Gasteiger partial charge in [0.2, 0.25) is 0 Å². The first-order chi connectivity index (χ1) is 14.9. The smallest absolute Gasteiger partial charge is 0.295 e. The fraction of sp³-hybridized carbons (Fsp3) is 0.333. The highest BCUT2D eigenvalue weighted by molar-refractivity contribution is 6.46. The van der Waals surface area contributed by atoms with Gasteiger partial charge in [0, 0.05) is 6.54 Å². The molecule has 1 aliphatic rings. The molecule has 1 atom stereocenters. The zero-order chi connectivity index (χ0) is 22.5. The van der Waals surface area contributed by atoms with E-state index in [0.717, 1.165) is 12.1 Å². The third kappa shape index (κ3) is 4.56. The number of benzene rings is 2. The normalized spacial score (nSPS) is 18.0. The van der Waals surface area contributed by atoms with Crippen molar-refractivity contribution in [3.05, 3.63) is 65.2 Å². The lowest BCUT2D eigenvalue weighted by Crippen LogP contribution is -2.32. The Morgan fingerprint density at radius 3 is 2.32 bits per heavy atom. The van der Waals surface area contributed by atoms with Crippen molar-refractivity contribution < 1.29 is 24.2 Å². The first kappa shape index (κ1) is 22.4. The van der Waals surface area contributed by atoms with Crippen LogP contribution in [0.15, 0.2) is 54.1 Å². The van der Waals surface area contributed by atoms with Crippen molar-refractivity contribution in [3.63, 3.8) is 0 Å². The van der Waals surface area contributed by atoms with Crippen LogP contribution in [0.4, 0.5) is 0 Å². The third-order valence-electron chi connectivity index (χ3n) is 5.34. The van der Waals surface area contributed by atoms with Gasteiger partial charge in [0.25, 0.3) is 11.7 Å². The van der Waals surface area contributed by atoms with Crippen molar-refractivity contribution in [2.45, 2.75) is 12.5 Å². The van der Waals surface area contributed by atoms with E-state index in [2.05, 4.69) is 0 Å². The molecule has 0 aliphatic carbocycles. The standard InChI is InChI=1S/C24H28N2O5/c1-25(2)14-7-15-26-21(16-10-12-17(30-3)13-11-16)20(23(28)24(26)29)22(27)18-8-5-6-9-19(18)31-4/h5-6,8-13,21,27H,7,14-15H2,1-4H3/b22-20-. The molecule has 1 fully saturated rings. The molecule has 0 spiro atoms. The van der Waals surface area contributed by atoms with Gasteiger partial charge in [-0.05, 0) is 56.9 Å². The summed E-state index contributed by atoms with van der Waals surface area (Å²) in [5.74, 6) is -0.470. The van der Waals surface area contributed by atoms with Gasteiger partial charge in [-0.15, -0.1) is 0 Å². The molecule has 1 saturated heterocycles. The minimum Gasteiger partial charge on any atom is -0.507 e. The average Bonchev–Trinajstić information content (AvgIpc) is 3.03. The topological polar surface area (TPSA) is 79.3 Å². The number of Topliss-reactive ketones (excluding diaryl/α,β-unsaturated/α-hetero) is 1.